The van der Waals surface area contributed by atoms with E-state index < -0.39 is 19.8 Å². The molecule has 0 unspecified atom stereocenters. The van der Waals surface area contributed by atoms with E-state index in [9.17, 15) is 14.7 Å². The van der Waals surface area contributed by atoms with Gasteiger partial charge < -0.3 is 24.4 Å². The van der Waals surface area contributed by atoms with E-state index in [0.717, 1.165) is 27.4 Å². The van der Waals surface area contributed by atoms with E-state index in [0.29, 0.717) is 35.3 Å². The largest absolute Gasteiger partial charge is 0.497 e. The number of anilines is 1. The third-order valence-corrected chi connectivity index (χ3v) is 16.7. The van der Waals surface area contributed by atoms with Gasteiger partial charge in [0.15, 0.2) is 5.60 Å². The lowest BCUT2D eigenvalue weighted by molar-refractivity contribution is -0.150. The van der Waals surface area contributed by atoms with Crippen LogP contribution in [0.1, 0.15) is 30.0 Å². The molecule has 1 fully saturated rings. The van der Waals surface area contributed by atoms with Gasteiger partial charge in [-0.15, -0.1) is 6.58 Å². The van der Waals surface area contributed by atoms with Crippen LogP contribution in [-0.2, 0) is 32.9 Å². The molecule has 3 aliphatic heterocycles. The molecule has 0 bridgehead atoms. The molecule has 2 amide bonds. The molecule has 4 aromatic carbocycles. The number of rotatable bonds is 9. The van der Waals surface area contributed by atoms with Crippen LogP contribution in [0.5, 0.6) is 5.75 Å². The summed E-state index contributed by atoms with van der Waals surface area (Å²) >= 11 is 0. The molecule has 55 heavy (non-hydrogen) atoms. The first-order valence-electron chi connectivity index (χ1n) is 18.9. The molecule has 1 N–H and O–H groups in total. The van der Waals surface area contributed by atoms with Crippen molar-refractivity contribution < 1.29 is 24.2 Å². The summed E-state index contributed by atoms with van der Waals surface area (Å²) in [7, 11) is -0.927. The number of carbonyl (C=O) groups is 2. The third kappa shape index (κ3) is 5.84. The molecular weight excluding hydrogens is 709 g/mol. The van der Waals surface area contributed by atoms with E-state index in [2.05, 4.69) is 49.9 Å². The molecule has 11 heteroatoms. The fourth-order valence-corrected chi connectivity index (χ4v) is 13.6. The Bertz CT molecular complexity index is 2380. The maximum atomic E-state index is 15.1. The Balaban J connectivity index is 1.25. The predicted octanol–water partition coefficient (Wildman–Crippen LogP) is 5.48. The van der Waals surface area contributed by atoms with Gasteiger partial charge >= 0.3 is 0 Å². The zero-order chi connectivity index (χ0) is 38.6. The molecule has 5 atom stereocenters. The van der Waals surface area contributed by atoms with Crippen LogP contribution in [0, 0.1) is 5.92 Å². The zero-order valence-corrected chi connectivity index (χ0v) is 32.6. The Hall–Kier alpha value is -5.36. The highest BCUT2D eigenvalue weighted by Gasteiger charge is 2.66. The number of aliphatic hydroxyl groups excluding tert-OH is 1. The number of carbonyl (C=O) groups excluding carboxylic acids is 2. The first kappa shape index (κ1) is 36.6. The number of hydrogen-bond acceptors (Lipinski definition) is 7. The summed E-state index contributed by atoms with van der Waals surface area (Å²) in [4.78, 5) is 46.9. The van der Waals surface area contributed by atoms with Crippen molar-refractivity contribution in [2.45, 2.75) is 62.7 Å². The molecule has 0 aliphatic carbocycles. The molecule has 1 saturated heterocycles. The highest BCUT2D eigenvalue weighted by Crippen LogP contribution is 2.60. The predicted molar refractivity (Wildman–Crippen MR) is 216 cm³/mol. The highest BCUT2D eigenvalue weighted by atomic mass is 28.3. The van der Waals surface area contributed by atoms with Gasteiger partial charge in [0.05, 0.1) is 63.3 Å². The normalized spacial score (nSPS) is 23.3. The van der Waals surface area contributed by atoms with E-state index in [4.69, 9.17) is 9.47 Å². The summed E-state index contributed by atoms with van der Waals surface area (Å²) in [5, 5.41) is 17.4. The lowest BCUT2D eigenvalue weighted by atomic mass is 9.82. The minimum atomic E-state index is -2.57. The summed E-state index contributed by atoms with van der Waals surface area (Å²) in [6.45, 7) is 11.1. The number of aliphatic hydroxyl groups is 1. The lowest BCUT2D eigenvalue weighted by Gasteiger charge is -2.39. The summed E-state index contributed by atoms with van der Waals surface area (Å²) in [5.74, 6) is 0.0346. The van der Waals surface area contributed by atoms with Crippen molar-refractivity contribution >= 4 is 41.5 Å². The summed E-state index contributed by atoms with van der Waals surface area (Å²) in [5.41, 5.74) is 2.11. The highest BCUT2D eigenvalue weighted by molar-refractivity contribution is 6.91. The van der Waals surface area contributed by atoms with Gasteiger partial charge in [0, 0.05) is 30.0 Å². The second-order valence-electron chi connectivity index (χ2n) is 15.5. The quantitative estimate of drug-likeness (QED) is 0.157. The van der Waals surface area contributed by atoms with Crippen LogP contribution in [0.2, 0.25) is 18.6 Å². The van der Waals surface area contributed by atoms with Gasteiger partial charge in [0.1, 0.15) is 5.75 Å². The molecular formula is C44H46N4O6Si. The Morgan fingerprint density at radius 2 is 1.76 bits per heavy atom. The van der Waals surface area contributed by atoms with Crippen LogP contribution < -0.4 is 20.4 Å². The van der Waals surface area contributed by atoms with Gasteiger partial charge in [0.25, 0.3) is 11.5 Å². The molecule has 1 aromatic heterocycles. The van der Waals surface area contributed by atoms with Gasteiger partial charge in [0.2, 0.25) is 5.91 Å². The lowest BCUT2D eigenvalue weighted by Crippen LogP contribution is -2.52. The minimum Gasteiger partial charge on any atom is -0.497 e. The van der Waals surface area contributed by atoms with Gasteiger partial charge in [-0.25, -0.2) is 0 Å². The maximum absolute atomic E-state index is 15.1. The van der Waals surface area contributed by atoms with Gasteiger partial charge in [-0.05, 0) is 59.5 Å². The summed E-state index contributed by atoms with van der Waals surface area (Å²) < 4.78 is 14.1. The van der Waals surface area contributed by atoms with Crippen LogP contribution in [0.4, 0.5) is 5.69 Å². The summed E-state index contributed by atoms with van der Waals surface area (Å²) in [6.07, 6.45) is 3.34. The minimum absolute atomic E-state index is 0.0391. The van der Waals surface area contributed by atoms with Crippen LogP contribution in [-0.4, -0.2) is 72.1 Å². The van der Waals surface area contributed by atoms with Crippen LogP contribution in [0.3, 0.4) is 0 Å². The van der Waals surface area contributed by atoms with Crippen LogP contribution in [0.25, 0.3) is 16.5 Å². The molecule has 0 saturated carbocycles. The monoisotopic (exact) mass is 754 g/mol. The second kappa shape index (κ2) is 14.0. The van der Waals surface area contributed by atoms with Crippen molar-refractivity contribution in [3.05, 3.63) is 137 Å². The van der Waals surface area contributed by atoms with E-state index >= 15 is 4.79 Å². The molecule has 282 valence electrons. The maximum Gasteiger partial charge on any atom is 0.279 e. The molecule has 1 spiro atoms. The van der Waals surface area contributed by atoms with Crippen molar-refractivity contribution in [2.75, 3.05) is 25.2 Å². The fourth-order valence-electron chi connectivity index (χ4n) is 9.55. The number of methoxy groups -OCH3 is 1. The van der Waals surface area contributed by atoms with Crippen molar-refractivity contribution in [3.8, 4) is 11.4 Å². The molecule has 8 rings (SSSR count). The molecule has 10 nitrogen and oxygen atoms in total. The fraction of sp³-hybridized carbons (Fsp3) is 0.318. The number of ether oxygens (including phenoxy) is 2. The standard InChI is InChI=1S/C44H46N4O6Si/c1-6-21-46-38-20-15-32(48-42(51)36-14-10-9-12-30(36)25-45-48)23-37(38)44(43(46)52)28(2)41(55(4,5)35-18-16-34(53-3)17-19-35)39(54-44)24-40(50)47-26-31-13-8-7-11-29(31)22-33(47)27-49/h6-20,23,25,28,33,39,41,49H,1,21-22,24,26-27H2,2-5H3/t28-,33+,39+,41-,44+/m1/s1. The topological polar surface area (TPSA) is 114 Å². The molecule has 3 aliphatic rings. The number of hydrogen-bond donors (Lipinski definition) is 1. The van der Waals surface area contributed by atoms with Gasteiger partial charge in [-0.3, -0.25) is 14.4 Å². The SMILES string of the molecule is C=CCN1C(=O)[C@@]2(O[C@@H](CC(=O)N3Cc4ccccc4C[C@H]3CO)[C@H]([Si](C)(C)c3ccc(OC)cc3)[C@H]2C)c2cc(-n3ncc4ccccc4c3=O)ccc21. The van der Waals surface area contributed by atoms with E-state index in [1.165, 1.54) is 4.68 Å². The van der Waals surface area contributed by atoms with Crippen molar-refractivity contribution in [1.82, 2.24) is 14.7 Å². The average molecular weight is 755 g/mol. The van der Waals surface area contributed by atoms with Crippen molar-refractivity contribution in [2.24, 2.45) is 5.92 Å². The number of amides is 2. The molecule has 4 heterocycles. The average Bonchev–Trinajstić information content (AvgIpc) is 3.63. The summed E-state index contributed by atoms with van der Waals surface area (Å²) in [6, 6.07) is 28.6. The Kier molecular flexibility index (Phi) is 9.35. The number of aromatic nitrogens is 2. The second-order valence-corrected chi connectivity index (χ2v) is 20.2. The Labute approximate surface area is 321 Å². The first-order valence-corrected chi connectivity index (χ1v) is 22.0. The third-order valence-electron chi connectivity index (χ3n) is 12.3. The smallest absolute Gasteiger partial charge is 0.279 e. The molecule has 5 aromatic rings. The molecule has 0 radical (unpaired) electrons. The van der Waals surface area contributed by atoms with E-state index in [1.807, 2.05) is 66.7 Å². The van der Waals surface area contributed by atoms with E-state index in [1.54, 1.807) is 35.2 Å². The van der Waals surface area contributed by atoms with Crippen LogP contribution >= 0.6 is 0 Å². The Morgan fingerprint density at radius 3 is 2.49 bits per heavy atom. The van der Waals surface area contributed by atoms with Gasteiger partial charge in [-0.1, -0.05) is 85.9 Å². The van der Waals surface area contributed by atoms with Gasteiger partial charge in [-0.2, -0.15) is 9.78 Å². The van der Waals surface area contributed by atoms with Crippen molar-refractivity contribution in [3.63, 3.8) is 0 Å². The first-order chi connectivity index (χ1) is 26.5. The van der Waals surface area contributed by atoms with Crippen LogP contribution in [0.15, 0.2) is 115 Å². The zero-order valence-electron chi connectivity index (χ0n) is 31.6. The number of fused-ring (bicyclic) bond motifs is 4. The number of nitrogens with zero attached hydrogens (tertiary/aromatic N) is 4. The Morgan fingerprint density at radius 1 is 1.04 bits per heavy atom. The van der Waals surface area contributed by atoms with Crippen molar-refractivity contribution in [1.29, 1.82) is 0 Å². The number of benzene rings is 4. The van der Waals surface area contributed by atoms with E-state index in [-0.39, 0.29) is 54.4 Å².